The molecule has 0 saturated heterocycles. The average Bonchev–Trinajstić information content (AvgIpc) is 3.39. The molecule has 0 radical (unpaired) electrons. The van der Waals surface area contributed by atoms with E-state index in [-0.39, 0.29) is 12.1 Å². The molecular formula is C27H19N3O5. The Morgan fingerprint density at radius 2 is 1.83 bits per heavy atom. The monoisotopic (exact) mass is 465 g/mol. The number of anilines is 1. The standard InChI is InChI=1S/C27H19N3O5/c1-34-25-11-20-19-7-3-5-9-23(19)35-24(20)12-21(25)29-27(33)16(13-28)10-17-14-30(15-26(31)32)22-8-4-2-6-18(17)22/h2-12,14H,15H2,1H3,(H,29,33)(H,31,32). The molecule has 1 amide bonds. The normalized spacial score (nSPS) is 11.6. The highest BCUT2D eigenvalue weighted by Crippen LogP contribution is 2.36. The molecule has 172 valence electrons. The van der Waals surface area contributed by atoms with Gasteiger partial charge >= 0.3 is 5.97 Å². The first-order valence-corrected chi connectivity index (χ1v) is 10.7. The third-order valence-electron chi connectivity index (χ3n) is 5.74. The second-order valence-electron chi connectivity index (χ2n) is 7.89. The quantitative estimate of drug-likeness (QED) is 0.264. The van der Waals surface area contributed by atoms with Crippen LogP contribution in [0.25, 0.3) is 38.9 Å². The molecule has 2 N–H and O–H groups in total. The summed E-state index contributed by atoms with van der Waals surface area (Å²) in [6.45, 7) is -0.239. The summed E-state index contributed by atoms with van der Waals surface area (Å²) in [4.78, 5) is 24.3. The molecule has 2 heterocycles. The fourth-order valence-electron chi connectivity index (χ4n) is 4.18. The summed E-state index contributed by atoms with van der Waals surface area (Å²) in [5.74, 6) is -1.20. The zero-order valence-electron chi connectivity index (χ0n) is 18.6. The SMILES string of the molecule is COc1cc2c(cc1NC(=O)C(C#N)=Cc1cn(CC(=O)O)c3ccccc13)oc1ccccc12. The van der Waals surface area contributed by atoms with Crippen LogP contribution in [0.4, 0.5) is 5.69 Å². The highest BCUT2D eigenvalue weighted by molar-refractivity contribution is 6.13. The Kier molecular flexibility index (Phi) is 5.43. The number of carboxylic acids is 1. The van der Waals surface area contributed by atoms with E-state index in [1.165, 1.54) is 13.2 Å². The van der Waals surface area contributed by atoms with E-state index in [0.717, 1.165) is 16.2 Å². The Morgan fingerprint density at radius 3 is 2.57 bits per heavy atom. The minimum absolute atomic E-state index is 0.144. The van der Waals surface area contributed by atoms with Crippen LogP contribution in [0.1, 0.15) is 5.56 Å². The minimum atomic E-state index is -0.993. The van der Waals surface area contributed by atoms with Gasteiger partial charge in [-0.25, -0.2) is 0 Å². The number of aromatic nitrogens is 1. The van der Waals surface area contributed by atoms with Crippen molar-refractivity contribution in [1.29, 1.82) is 5.26 Å². The molecule has 8 heteroatoms. The van der Waals surface area contributed by atoms with E-state index in [0.29, 0.717) is 33.7 Å². The van der Waals surface area contributed by atoms with Gasteiger partial charge in [0.05, 0.1) is 12.8 Å². The maximum atomic E-state index is 13.1. The molecule has 0 aliphatic carbocycles. The maximum absolute atomic E-state index is 13.1. The number of carboxylic acid groups (broad SMARTS) is 1. The van der Waals surface area contributed by atoms with Gasteiger partial charge in [0, 0.05) is 39.5 Å². The van der Waals surface area contributed by atoms with E-state index >= 15 is 0 Å². The van der Waals surface area contributed by atoms with E-state index in [2.05, 4.69) is 5.32 Å². The highest BCUT2D eigenvalue weighted by atomic mass is 16.5. The number of carbonyl (C=O) groups is 2. The van der Waals surface area contributed by atoms with Crippen LogP contribution in [0.2, 0.25) is 0 Å². The number of amides is 1. The summed E-state index contributed by atoms with van der Waals surface area (Å²) in [6, 6.07) is 20.2. The van der Waals surface area contributed by atoms with Gasteiger partial charge in [0.15, 0.2) is 0 Å². The summed E-state index contributed by atoms with van der Waals surface area (Å²) < 4.78 is 13.0. The van der Waals surface area contributed by atoms with Crippen molar-refractivity contribution in [2.45, 2.75) is 6.54 Å². The van der Waals surface area contributed by atoms with E-state index in [9.17, 15) is 20.0 Å². The first kappa shape index (κ1) is 21.8. The fraction of sp³-hybridized carbons (Fsp3) is 0.0741. The number of nitriles is 1. The third kappa shape index (κ3) is 3.96. The van der Waals surface area contributed by atoms with E-state index < -0.39 is 11.9 Å². The number of methoxy groups -OCH3 is 1. The molecule has 0 spiro atoms. The van der Waals surface area contributed by atoms with Crippen molar-refractivity contribution in [2.75, 3.05) is 12.4 Å². The molecule has 0 unspecified atom stereocenters. The van der Waals surface area contributed by atoms with Gasteiger partial charge in [-0.3, -0.25) is 9.59 Å². The third-order valence-corrected chi connectivity index (χ3v) is 5.74. The van der Waals surface area contributed by atoms with Crippen molar-refractivity contribution >= 4 is 56.5 Å². The van der Waals surface area contributed by atoms with Gasteiger partial charge in [-0.2, -0.15) is 5.26 Å². The second-order valence-corrected chi connectivity index (χ2v) is 7.89. The number of furan rings is 1. The molecule has 0 aliphatic rings. The van der Waals surface area contributed by atoms with Crippen LogP contribution < -0.4 is 10.1 Å². The van der Waals surface area contributed by atoms with Gasteiger partial charge in [-0.15, -0.1) is 0 Å². The van der Waals surface area contributed by atoms with Crippen LogP contribution >= 0.6 is 0 Å². The summed E-state index contributed by atoms with van der Waals surface area (Å²) >= 11 is 0. The van der Waals surface area contributed by atoms with Crippen molar-refractivity contribution in [1.82, 2.24) is 4.57 Å². The number of carbonyl (C=O) groups excluding carboxylic acids is 1. The summed E-state index contributed by atoms with van der Waals surface area (Å²) in [5.41, 5.74) is 2.75. The number of nitrogens with one attached hydrogen (secondary N) is 1. The molecule has 0 fully saturated rings. The number of hydrogen-bond donors (Lipinski definition) is 2. The number of aliphatic carboxylic acids is 1. The smallest absolute Gasteiger partial charge is 0.323 e. The predicted octanol–water partition coefficient (Wildman–Crippen LogP) is 5.18. The Hall–Kier alpha value is -5.03. The fourth-order valence-corrected chi connectivity index (χ4v) is 4.18. The number of fused-ring (bicyclic) bond motifs is 4. The van der Waals surface area contributed by atoms with Crippen molar-refractivity contribution < 1.29 is 23.8 Å². The van der Waals surface area contributed by atoms with Gasteiger partial charge in [0.25, 0.3) is 5.91 Å². The van der Waals surface area contributed by atoms with Crippen LogP contribution in [0.3, 0.4) is 0 Å². The zero-order chi connectivity index (χ0) is 24.5. The number of para-hydroxylation sites is 2. The topological polar surface area (TPSA) is 117 Å². The lowest BCUT2D eigenvalue weighted by atomic mass is 10.1. The second kappa shape index (κ2) is 8.72. The average molecular weight is 465 g/mol. The molecule has 8 nitrogen and oxygen atoms in total. The lowest BCUT2D eigenvalue weighted by molar-refractivity contribution is -0.137. The van der Waals surface area contributed by atoms with Crippen LogP contribution in [0, 0.1) is 11.3 Å². The summed E-state index contributed by atoms with van der Waals surface area (Å²) in [7, 11) is 1.50. The largest absolute Gasteiger partial charge is 0.495 e. The first-order chi connectivity index (χ1) is 17.0. The molecule has 0 atom stereocenters. The number of ether oxygens (including phenoxy) is 1. The first-order valence-electron chi connectivity index (χ1n) is 10.7. The van der Waals surface area contributed by atoms with Gasteiger partial charge < -0.3 is 24.1 Å². The van der Waals surface area contributed by atoms with E-state index in [4.69, 9.17) is 9.15 Å². The van der Waals surface area contributed by atoms with Crippen LogP contribution in [-0.4, -0.2) is 28.7 Å². The lowest BCUT2D eigenvalue weighted by Gasteiger charge is -2.10. The van der Waals surface area contributed by atoms with Crippen molar-refractivity contribution in [3.8, 4) is 11.8 Å². The molecular weight excluding hydrogens is 446 g/mol. The van der Waals surface area contributed by atoms with E-state index in [1.807, 2.05) is 42.5 Å². The molecule has 2 aromatic heterocycles. The number of hydrogen-bond acceptors (Lipinski definition) is 5. The molecule has 3 aromatic carbocycles. The number of rotatable bonds is 6. The lowest BCUT2D eigenvalue weighted by Crippen LogP contribution is -2.14. The molecule has 5 aromatic rings. The van der Waals surface area contributed by atoms with Crippen molar-refractivity contribution in [3.63, 3.8) is 0 Å². The predicted molar refractivity (Wildman–Crippen MR) is 132 cm³/mol. The summed E-state index contributed by atoms with van der Waals surface area (Å²) in [5, 5.41) is 24.2. The Bertz CT molecular complexity index is 1700. The number of nitrogens with zero attached hydrogens (tertiary/aromatic N) is 2. The van der Waals surface area contributed by atoms with Crippen LogP contribution in [0.5, 0.6) is 5.75 Å². The van der Waals surface area contributed by atoms with Gasteiger partial charge in [0.2, 0.25) is 0 Å². The van der Waals surface area contributed by atoms with Crippen LogP contribution in [-0.2, 0) is 16.1 Å². The van der Waals surface area contributed by atoms with Crippen molar-refractivity contribution in [3.05, 3.63) is 78.0 Å². The molecule has 35 heavy (non-hydrogen) atoms. The zero-order valence-corrected chi connectivity index (χ0v) is 18.6. The highest BCUT2D eigenvalue weighted by Gasteiger charge is 2.17. The molecule has 5 rings (SSSR count). The van der Waals surface area contributed by atoms with Gasteiger partial charge in [-0.1, -0.05) is 36.4 Å². The van der Waals surface area contributed by atoms with Crippen molar-refractivity contribution in [2.24, 2.45) is 0 Å². The molecule has 0 saturated carbocycles. The summed E-state index contributed by atoms with van der Waals surface area (Å²) in [6.07, 6.45) is 3.06. The Morgan fingerprint density at radius 1 is 1.09 bits per heavy atom. The maximum Gasteiger partial charge on any atom is 0.323 e. The van der Waals surface area contributed by atoms with E-state index in [1.54, 1.807) is 35.0 Å². The molecule has 0 aliphatic heterocycles. The number of benzene rings is 3. The van der Waals surface area contributed by atoms with Gasteiger partial charge in [-0.05, 0) is 24.3 Å². The van der Waals surface area contributed by atoms with Crippen LogP contribution in [0.15, 0.2) is 76.9 Å². The van der Waals surface area contributed by atoms with Gasteiger partial charge in [0.1, 0.15) is 35.1 Å². The minimum Gasteiger partial charge on any atom is -0.495 e. The molecule has 0 bridgehead atoms. The Labute approximate surface area is 199 Å². The Balaban J connectivity index is 1.52.